The van der Waals surface area contributed by atoms with Crippen molar-refractivity contribution in [3.8, 4) is 0 Å². The highest BCUT2D eigenvalue weighted by Gasteiger charge is 2.31. The Morgan fingerprint density at radius 1 is 1.05 bits per heavy atom. The third kappa shape index (κ3) is 6.16. The fourth-order valence-electron chi connectivity index (χ4n) is 1.44. The summed E-state index contributed by atoms with van der Waals surface area (Å²) in [7, 11) is 0. The molecule has 21 heavy (non-hydrogen) atoms. The van der Waals surface area contributed by atoms with Crippen molar-refractivity contribution in [2.24, 2.45) is 0 Å². The summed E-state index contributed by atoms with van der Waals surface area (Å²) >= 11 is 3.33. The second-order valence-corrected chi connectivity index (χ2v) is 7.13. The molecule has 0 saturated carbocycles. The van der Waals surface area contributed by atoms with Crippen LogP contribution in [0.1, 0.15) is 34.6 Å². The summed E-state index contributed by atoms with van der Waals surface area (Å²) in [6.45, 7) is 8.53. The van der Waals surface area contributed by atoms with Crippen LogP contribution in [0.25, 0.3) is 0 Å². The van der Waals surface area contributed by atoms with E-state index >= 15 is 0 Å². The average Bonchev–Trinajstić information content (AvgIpc) is 2.28. The van der Waals surface area contributed by atoms with Crippen LogP contribution in [0.3, 0.4) is 0 Å². The van der Waals surface area contributed by atoms with Gasteiger partial charge in [-0.1, -0.05) is 15.9 Å². The monoisotopic (exact) mass is 356 g/mol. The van der Waals surface area contributed by atoms with Crippen LogP contribution in [-0.2, 0) is 9.53 Å². The van der Waals surface area contributed by atoms with E-state index in [1.165, 1.54) is 0 Å². The molecule has 0 aromatic heterocycles. The quantitative estimate of drug-likeness (QED) is 0.867. The number of hydrogen-bond donors (Lipinski definition) is 2. The van der Waals surface area contributed by atoms with Crippen LogP contribution < -0.4 is 10.6 Å². The second kappa shape index (κ2) is 6.47. The lowest BCUT2D eigenvalue weighted by atomic mass is 10.0. The average molecular weight is 357 g/mol. The molecule has 0 aliphatic rings. The summed E-state index contributed by atoms with van der Waals surface area (Å²) < 4.78 is 6.08. The third-order valence-corrected chi connectivity index (χ3v) is 3.01. The molecule has 5 nitrogen and oxygen atoms in total. The van der Waals surface area contributed by atoms with Gasteiger partial charge in [-0.25, -0.2) is 4.79 Å². The molecule has 0 radical (unpaired) electrons. The largest absolute Gasteiger partial charge is 0.444 e. The minimum atomic E-state index is -1.09. The van der Waals surface area contributed by atoms with E-state index in [1.54, 1.807) is 46.8 Å². The molecule has 2 amide bonds. The molecular weight excluding hydrogens is 336 g/mol. The van der Waals surface area contributed by atoms with Crippen molar-refractivity contribution >= 4 is 33.6 Å². The smallest absolute Gasteiger partial charge is 0.408 e. The van der Waals surface area contributed by atoms with E-state index in [0.29, 0.717) is 5.69 Å². The first kappa shape index (κ1) is 17.5. The van der Waals surface area contributed by atoms with E-state index in [1.807, 2.05) is 12.1 Å². The maximum Gasteiger partial charge on any atom is 0.408 e. The van der Waals surface area contributed by atoms with Gasteiger partial charge in [-0.2, -0.15) is 0 Å². The lowest BCUT2D eigenvalue weighted by molar-refractivity contribution is -0.121. The van der Waals surface area contributed by atoms with Crippen molar-refractivity contribution < 1.29 is 14.3 Å². The fourth-order valence-corrected chi connectivity index (χ4v) is 1.70. The minimum Gasteiger partial charge on any atom is -0.444 e. The van der Waals surface area contributed by atoms with Crippen molar-refractivity contribution in [1.82, 2.24) is 5.32 Å². The molecule has 116 valence electrons. The van der Waals surface area contributed by atoms with Gasteiger partial charge in [-0.3, -0.25) is 4.79 Å². The summed E-state index contributed by atoms with van der Waals surface area (Å²) in [6, 6.07) is 7.19. The highest BCUT2D eigenvalue weighted by molar-refractivity contribution is 9.10. The van der Waals surface area contributed by atoms with Crippen molar-refractivity contribution in [2.75, 3.05) is 5.32 Å². The van der Waals surface area contributed by atoms with Crippen LogP contribution in [0.2, 0.25) is 0 Å². The molecule has 0 aliphatic heterocycles. The zero-order chi connectivity index (χ0) is 16.3. The Labute approximate surface area is 133 Å². The van der Waals surface area contributed by atoms with Crippen molar-refractivity contribution in [3.63, 3.8) is 0 Å². The van der Waals surface area contributed by atoms with Gasteiger partial charge in [0.1, 0.15) is 11.1 Å². The van der Waals surface area contributed by atoms with Gasteiger partial charge in [-0.05, 0) is 58.9 Å². The normalized spacial score (nSPS) is 11.7. The highest BCUT2D eigenvalue weighted by Crippen LogP contribution is 2.16. The molecule has 0 heterocycles. The Balaban J connectivity index is 2.66. The summed E-state index contributed by atoms with van der Waals surface area (Å²) in [6.07, 6.45) is -0.626. The Morgan fingerprint density at radius 2 is 1.57 bits per heavy atom. The van der Waals surface area contributed by atoms with E-state index in [9.17, 15) is 9.59 Å². The Hall–Kier alpha value is -1.56. The van der Waals surface area contributed by atoms with E-state index in [-0.39, 0.29) is 5.91 Å². The number of alkyl carbamates (subject to hydrolysis) is 1. The molecule has 0 aliphatic carbocycles. The van der Waals surface area contributed by atoms with Gasteiger partial charge >= 0.3 is 6.09 Å². The van der Waals surface area contributed by atoms with E-state index in [4.69, 9.17) is 4.74 Å². The molecule has 0 atom stereocenters. The van der Waals surface area contributed by atoms with Gasteiger partial charge in [-0.15, -0.1) is 0 Å². The van der Waals surface area contributed by atoms with Crippen LogP contribution in [0.5, 0.6) is 0 Å². The molecule has 2 N–H and O–H groups in total. The van der Waals surface area contributed by atoms with Crippen molar-refractivity contribution in [3.05, 3.63) is 28.7 Å². The van der Waals surface area contributed by atoms with E-state index in [0.717, 1.165) is 4.47 Å². The molecule has 0 saturated heterocycles. The van der Waals surface area contributed by atoms with Gasteiger partial charge in [0, 0.05) is 10.2 Å². The standard InChI is InChI=1S/C15H21BrN2O3/c1-14(2,3)21-13(20)18-15(4,5)12(19)17-11-8-6-10(16)7-9-11/h6-9H,1-5H3,(H,17,19)(H,18,20). The fraction of sp³-hybridized carbons (Fsp3) is 0.467. The van der Waals surface area contributed by atoms with Crippen molar-refractivity contribution in [2.45, 2.75) is 45.8 Å². The molecule has 0 spiro atoms. The Morgan fingerprint density at radius 3 is 2.05 bits per heavy atom. The summed E-state index contributed by atoms with van der Waals surface area (Å²) in [5, 5.41) is 5.31. The summed E-state index contributed by atoms with van der Waals surface area (Å²) in [5.74, 6) is -0.323. The molecular formula is C15H21BrN2O3. The first-order valence-electron chi connectivity index (χ1n) is 6.58. The molecule has 1 rings (SSSR count). The number of carbonyl (C=O) groups excluding carboxylic acids is 2. The summed E-state index contributed by atoms with van der Waals surface area (Å²) in [5.41, 5.74) is -1.04. The van der Waals surface area contributed by atoms with Crippen LogP contribution >= 0.6 is 15.9 Å². The van der Waals surface area contributed by atoms with Crippen LogP contribution in [0.4, 0.5) is 10.5 Å². The third-order valence-electron chi connectivity index (χ3n) is 2.48. The van der Waals surface area contributed by atoms with E-state index < -0.39 is 17.2 Å². The minimum absolute atomic E-state index is 0.323. The van der Waals surface area contributed by atoms with Gasteiger partial charge in [0.05, 0.1) is 0 Å². The SMILES string of the molecule is CC(C)(C)OC(=O)NC(C)(C)C(=O)Nc1ccc(Br)cc1. The number of halogens is 1. The van der Waals surface area contributed by atoms with Gasteiger partial charge in [0.2, 0.25) is 5.91 Å². The number of rotatable bonds is 3. The number of nitrogens with one attached hydrogen (secondary N) is 2. The van der Waals surface area contributed by atoms with Crippen LogP contribution in [0.15, 0.2) is 28.7 Å². The first-order valence-corrected chi connectivity index (χ1v) is 7.37. The number of anilines is 1. The number of amides is 2. The first-order chi connectivity index (χ1) is 9.49. The zero-order valence-electron chi connectivity index (χ0n) is 12.9. The summed E-state index contributed by atoms with van der Waals surface area (Å²) in [4.78, 5) is 24.0. The molecule has 6 heteroatoms. The van der Waals surface area contributed by atoms with E-state index in [2.05, 4.69) is 26.6 Å². The van der Waals surface area contributed by atoms with Crippen molar-refractivity contribution in [1.29, 1.82) is 0 Å². The number of benzene rings is 1. The molecule has 0 unspecified atom stereocenters. The number of ether oxygens (including phenoxy) is 1. The van der Waals surface area contributed by atoms with Gasteiger partial charge < -0.3 is 15.4 Å². The lowest BCUT2D eigenvalue weighted by Crippen LogP contribution is -2.53. The van der Waals surface area contributed by atoms with Gasteiger partial charge in [0.15, 0.2) is 0 Å². The predicted octanol–water partition coefficient (Wildman–Crippen LogP) is 3.69. The lowest BCUT2D eigenvalue weighted by Gasteiger charge is -2.27. The molecule has 0 bridgehead atoms. The predicted molar refractivity (Wildman–Crippen MR) is 86.2 cm³/mol. The van der Waals surface area contributed by atoms with Crippen LogP contribution in [-0.4, -0.2) is 23.1 Å². The van der Waals surface area contributed by atoms with Crippen LogP contribution in [0, 0.1) is 0 Å². The molecule has 1 aromatic carbocycles. The molecule has 1 aromatic rings. The topological polar surface area (TPSA) is 67.4 Å². The molecule has 0 fully saturated rings. The maximum atomic E-state index is 12.2. The number of hydrogen-bond acceptors (Lipinski definition) is 3. The van der Waals surface area contributed by atoms with Gasteiger partial charge in [0.25, 0.3) is 0 Å². The Bertz CT molecular complexity index is 519. The second-order valence-electron chi connectivity index (χ2n) is 6.21. The zero-order valence-corrected chi connectivity index (χ0v) is 14.5. The highest BCUT2D eigenvalue weighted by atomic mass is 79.9. The Kier molecular flexibility index (Phi) is 5.39. The number of carbonyl (C=O) groups is 2. The maximum absolute atomic E-state index is 12.2.